The third-order valence-electron chi connectivity index (χ3n) is 3.57. The van der Waals surface area contributed by atoms with Gasteiger partial charge in [0.15, 0.2) is 0 Å². The van der Waals surface area contributed by atoms with Gasteiger partial charge in [-0.05, 0) is 6.92 Å². The summed E-state index contributed by atoms with van der Waals surface area (Å²) < 4.78 is 1.99. The lowest BCUT2D eigenvalue weighted by molar-refractivity contribution is 0.913. The molecule has 2 heterocycles. The maximum atomic E-state index is 4.76. The molecule has 0 unspecified atom stereocenters. The Hall–Kier alpha value is -2.69. The molecule has 0 saturated heterocycles. The zero-order valence-corrected chi connectivity index (χ0v) is 17.3. The van der Waals surface area contributed by atoms with Crippen LogP contribution in [0, 0.1) is 6.92 Å². The molecular formula is C21H31N5. The Balaban J connectivity index is 0.000000791. The van der Waals surface area contributed by atoms with Crippen LogP contribution in [0.25, 0.3) is 22.6 Å². The molecule has 0 aliphatic heterocycles. The number of imidazole rings is 1. The van der Waals surface area contributed by atoms with E-state index in [9.17, 15) is 0 Å². The van der Waals surface area contributed by atoms with Crippen molar-refractivity contribution in [1.82, 2.24) is 19.5 Å². The normalized spacial score (nSPS) is 9.54. The fourth-order valence-corrected chi connectivity index (χ4v) is 2.44. The van der Waals surface area contributed by atoms with Crippen LogP contribution in [0.3, 0.4) is 0 Å². The number of hydrogen-bond donors (Lipinski definition) is 0. The molecule has 0 bridgehead atoms. The molecule has 5 heteroatoms. The first kappa shape index (κ1) is 21.4. The molecule has 0 aliphatic rings. The van der Waals surface area contributed by atoms with Gasteiger partial charge in [0, 0.05) is 39.1 Å². The molecule has 3 aromatic rings. The van der Waals surface area contributed by atoms with Crippen molar-refractivity contribution in [3.05, 3.63) is 48.4 Å². The van der Waals surface area contributed by atoms with E-state index >= 15 is 0 Å². The molecule has 2 aromatic heterocycles. The van der Waals surface area contributed by atoms with Gasteiger partial charge >= 0.3 is 0 Å². The largest absolute Gasteiger partial charge is 0.347 e. The van der Waals surface area contributed by atoms with Gasteiger partial charge in [0.05, 0.1) is 17.0 Å². The summed E-state index contributed by atoms with van der Waals surface area (Å²) in [6.45, 7) is 10.0. The molecular weight excluding hydrogens is 322 g/mol. The zero-order valence-electron chi connectivity index (χ0n) is 17.3. The third-order valence-corrected chi connectivity index (χ3v) is 3.57. The molecule has 1 aromatic carbocycles. The van der Waals surface area contributed by atoms with Crippen LogP contribution in [0.1, 0.15) is 33.4 Å². The monoisotopic (exact) mass is 353 g/mol. The lowest BCUT2D eigenvalue weighted by Crippen LogP contribution is -2.15. The van der Waals surface area contributed by atoms with Crippen LogP contribution < -0.4 is 4.90 Å². The second-order valence-corrected chi connectivity index (χ2v) is 5.45. The van der Waals surface area contributed by atoms with Crippen molar-refractivity contribution in [2.75, 3.05) is 19.0 Å². The van der Waals surface area contributed by atoms with Gasteiger partial charge in [-0.15, -0.1) is 0 Å². The number of anilines is 1. The average Bonchev–Trinajstić information content (AvgIpc) is 3.10. The molecule has 0 amide bonds. The highest BCUT2D eigenvalue weighted by molar-refractivity contribution is 5.80. The van der Waals surface area contributed by atoms with Crippen LogP contribution in [0.4, 0.5) is 5.95 Å². The van der Waals surface area contributed by atoms with Crippen LogP contribution in [0.2, 0.25) is 0 Å². The molecule has 0 spiro atoms. The van der Waals surface area contributed by atoms with Crippen molar-refractivity contribution in [3.8, 4) is 22.6 Å². The average molecular weight is 354 g/mol. The Bertz CT molecular complexity index is 791. The number of benzene rings is 1. The molecule has 0 fully saturated rings. The number of hydrogen-bond acceptors (Lipinski definition) is 4. The maximum absolute atomic E-state index is 4.76. The van der Waals surface area contributed by atoms with Gasteiger partial charge in [0.2, 0.25) is 5.95 Å². The summed E-state index contributed by atoms with van der Waals surface area (Å²) in [4.78, 5) is 15.8. The highest BCUT2D eigenvalue weighted by Gasteiger charge is 2.18. The van der Waals surface area contributed by atoms with Crippen LogP contribution >= 0.6 is 0 Å². The molecule has 0 N–H and O–H groups in total. The van der Waals surface area contributed by atoms with Crippen molar-refractivity contribution in [2.45, 2.75) is 34.6 Å². The second-order valence-electron chi connectivity index (χ2n) is 5.45. The molecule has 0 aliphatic carbocycles. The third kappa shape index (κ3) is 4.69. The van der Waals surface area contributed by atoms with Crippen molar-refractivity contribution in [3.63, 3.8) is 0 Å². The Morgan fingerprint density at radius 3 is 2.04 bits per heavy atom. The summed E-state index contributed by atoms with van der Waals surface area (Å²) in [6, 6.07) is 10.2. The highest BCUT2D eigenvalue weighted by atomic mass is 15.2. The van der Waals surface area contributed by atoms with Gasteiger partial charge < -0.3 is 9.47 Å². The number of aryl methyl sites for hydroxylation is 2. The van der Waals surface area contributed by atoms with Gasteiger partial charge in [0.25, 0.3) is 0 Å². The molecule has 0 saturated carbocycles. The second kappa shape index (κ2) is 10.3. The number of rotatable bonds is 3. The van der Waals surface area contributed by atoms with E-state index in [0.717, 1.165) is 28.3 Å². The molecule has 140 valence electrons. The fourth-order valence-electron chi connectivity index (χ4n) is 2.44. The summed E-state index contributed by atoms with van der Waals surface area (Å²) in [7, 11) is 5.88. The Labute approximate surface area is 157 Å². The summed E-state index contributed by atoms with van der Waals surface area (Å²) in [6.07, 6.45) is 3.73. The molecule has 0 atom stereocenters. The summed E-state index contributed by atoms with van der Waals surface area (Å²) in [5.41, 5.74) is 3.87. The minimum absolute atomic E-state index is 0.703. The lowest BCUT2D eigenvalue weighted by atomic mass is 10.0. The van der Waals surface area contributed by atoms with Gasteiger partial charge in [-0.2, -0.15) is 0 Å². The van der Waals surface area contributed by atoms with E-state index < -0.39 is 0 Å². The van der Waals surface area contributed by atoms with Crippen LogP contribution in [0.15, 0.2) is 42.7 Å². The smallest absolute Gasteiger partial charge is 0.225 e. The topological polar surface area (TPSA) is 46.8 Å². The van der Waals surface area contributed by atoms with Crippen molar-refractivity contribution in [2.24, 2.45) is 7.05 Å². The zero-order chi connectivity index (χ0) is 19.7. The summed E-state index contributed by atoms with van der Waals surface area (Å²) in [5.74, 6) is 1.58. The molecule has 26 heavy (non-hydrogen) atoms. The van der Waals surface area contributed by atoms with E-state index in [1.54, 1.807) is 6.20 Å². The summed E-state index contributed by atoms with van der Waals surface area (Å²) >= 11 is 0. The first-order valence-electron chi connectivity index (χ1n) is 9.17. The highest BCUT2D eigenvalue weighted by Crippen LogP contribution is 2.32. The first-order chi connectivity index (χ1) is 12.6. The minimum Gasteiger partial charge on any atom is -0.347 e. The van der Waals surface area contributed by atoms with E-state index in [0.29, 0.717) is 5.95 Å². The van der Waals surface area contributed by atoms with Gasteiger partial charge in [-0.3, -0.25) is 0 Å². The van der Waals surface area contributed by atoms with Crippen LogP contribution in [-0.4, -0.2) is 33.6 Å². The minimum atomic E-state index is 0.703. The van der Waals surface area contributed by atoms with Crippen molar-refractivity contribution >= 4 is 5.95 Å². The summed E-state index contributed by atoms with van der Waals surface area (Å²) in [5, 5.41) is 0. The predicted octanol–water partition coefficient (Wildman–Crippen LogP) is 4.97. The number of aromatic nitrogens is 4. The van der Waals surface area contributed by atoms with Gasteiger partial charge in [-0.1, -0.05) is 58.0 Å². The van der Waals surface area contributed by atoms with Crippen molar-refractivity contribution in [1.29, 1.82) is 0 Å². The van der Waals surface area contributed by atoms with E-state index in [1.807, 2.05) is 89.6 Å². The standard InChI is InChI=1S/C17H19N5.2C2H6/c1-12-14(16-18-10-11-22(16)4)15(13-8-6-5-7-9-13)20-17(19-12)21(2)3;2*1-2/h5-11H,1-4H3;2*1-2H3. The molecule has 5 nitrogen and oxygen atoms in total. The quantitative estimate of drug-likeness (QED) is 0.667. The van der Waals surface area contributed by atoms with E-state index in [4.69, 9.17) is 4.98 Å². The predicted molar refractivity (Wildman–Crippen MR) is 111 cm³/mol. The van der Waals surface area contributed by atoms with Crippen molar-refractivity contribution < 1.29 is 0 Å². The lowest BCUT2D eigenvalue weighted by Gasteiger charge is -2.17. The van der Waals surface area contributed by atoms with Gasteiger partial charge in [-0.25, -0.2) is 15.0 Å². The van der Waals surface area contributed by atoms with Crippen LogP contribution in [-0.2, 0) is 7.05 Å². The Morgan fingerprint density at radius 2 is 1.54 bits per heavy atom. The SMILES string of the molecule is CC.CC.Cc1nc(N(C)C)nc(-c2ccccc2)c1-c1nccn1C. The Morgan fingerprint density at radius 1 is 0.923 bits per heavy atom. The van der Waals surface area contributed by atoms with E-state index in [1.165, 1.54) is 0 Å². The molecule has 3 rings (SSSR count). The molecule has 0 radical (unpaired) electrons. The first-order valence-corrected chi connectivity index (χ1v) is 9.17. The van der Waals surface area contributed by atoms with Crippen LogP contribution in [0.5, 0.6) is 0 Å². The van der Waals surface area contributed by atoms with Gasteiger partial charge in [0.1, 0.15) is 5.82 Å². The fraction of sp³-hybridized carbons (Fsp3) is 0.381. The maximum Gasteiger partial charge on any atom is 0.225 e. The Kier molecular flexibility index (Phi) is 8.49. The van der Waals surface area contributed by atoms with E-state index in [2.05, 4.69) is 22.1 Å². The van der Waals surface area contributed by atoms with E-state index in [-0.39, 0.29) is 0 Å². The number of nitrogens with zero attached hydrogens (tertiary/aromatic N) is 5.